The number of hydrogen-bond donors (Lipinski definition) is 1. The Kier molecular flexibility index (Phi) is 3.67. The molecule has 0 amide bonds. The zero-order valence-corrected chi connectivity index (χ0v) is 10.3. The van der Waals surface area contributed by atoms with Crippen LogP contribution in [0.4, 0.5) is 4.39 Å². The van der Waals surface area contributed by atoms with Crippen LogP contribution in [0.15, 0.2) is 24.3 Å². The van der Waals surface area contributed by atoms with Gasteiger partial charge in [-0.15, -0.1) is 0 Å². The Balaban J connectivity index is 2.10. The van der Waals surface area contributed by atoms with Gasteiger partial charge in [0.1, 0.15) is 6.10 Å². The van der Waals surface area contributed by atoms with Gasteiger partial charge in [0.25, 0.3) is 0 Å². The third-order valence-corrected chi connectivity index (χ3v) is 3.46. The van der Waals surface area contributed by atoms with Gasteiger partial charge in [0.05, 0.1) is 6.10 Å². The van der Waals surface area contributed by atoms with Crippen molar-refractivity contribution in [3.63, 3.8) is 0 Å². The topological polar surface area (TPSA) is 29.5 Å². The van der Waals surface area contributed by atoms with Crippen molar-refractivity contribution in [2.24, 2.45) is 11.8 Å². The van der Waals surface area contributed by atoms with Crippen LogP contribution in [-0.4, -0.2) is 17.3 Å². The van der Waals surface area contributed by atoms with Gasteiger partial charge in [-0.1, -0.05) is 26.0 Å². The fourth-order valence-corrected chi connectivity index (χ4v) is 2.67. The van der Waals surface area contributed by atoms with Crippen LogP contribution in [0.5, 0.6) is 5.75 Å². The number of rotatable bonds is 2. The van der Waals surface area contributed by atoms with Crippen LogP contribution in [0, 0.1) is 17.7 Å². The molecule has 1 aliphatic rings. The lowest BCUT2D eigenvalue weighted by Gasteiger charge is -2.36. The van der Waals surface area contributed by atoms with E-state index in [1.807, 2.05) is 6.92 Å². The molecule has 0 radical (unpaired) electrons. The molecule has 0 aromatic heterocycles. The Morgan fingerprint density at radius 3 is 2.59 bits per heavy atom. The van der Waals surface area contributed by atoms with Gasteiger partial charge in [0, 0.05) is 0 Å². The third-order valence-electron chi connectivity index (χ3n) is 3.46. The van der Waals surface area contributed by atoms with E-state index in [0.717, 1.165) is 12.8 Å². The van der Waals surface area contributed by atoms with Crippen molar-refractivity contribution < 1.29 is 14.2 Å². The van der Waals surface area contributed by atoms with Crippen LogP contribution in [0.1, 0.15) is 26.7 Å². The molecule has 94 valence electrons. The molecule has 0 spiro atoms. The molecule has 0 bridgehead atoms. The van der Waals surface area contributed by atoms with E-state index in [9.17, 15) is 9.50 Å². The highest BCUT2D eigenvalue weighted by Crippen LogP contribution is 2.32. The predicted octanol–water partition coefficient (Wildman–Crippen LogP) is 3.00. The summed E-state index contributed by atoms with van der Waals surface area (Å²) in [5.41, 5.74) is 0. The summed E-state index contributed by atoms with van der Waals surface area (Å²) in [5, 5.41) is 10.0. The number of aliphatic hydroxyl groups excluding tert-OH is 1. The monoisotopic (exact) mass is 238 g/mol. The van der Waals surface area contributed by atoms with E-state index < -0.39 is 6.10 Å². The molecule has 2 nitrogen and oxygen atoms in total. The van der Waals surface area contributed by atoms with Gasteiger partial charge in [0.15, 0.2) is 11.6 Å². The second-order valence-corrected chi connectivity index (χ2v) is 5.13. The largest absolute Gasteiger partial charge is 0.484 e. The lowest BCUT2D eigenvalue weighted by molar-refractivity contribution is -0.0403. The van der Waals surface area contributed by atoms with Gasteiger partial charge < -0.3 is 9.84 Å². The normalized spacial score (nSPS) is 33.4. The van der Waals surface area contributed by atoms with Gasteiger partial charge in [-0.05, 0) is 36.8 Å². The van der Waals surface area contributed by atoms with Crippen LogP contribution in [0.2, 0.25) is 0 Å². The third kappa shape index (κ3) is 2.78. The first-order valence-corrected chi connectivity index (χ1v) is 6.17. The quantitative estimate of drug-likeness (QED) is 0.858. The SMILES string of the molecule is CC1CC(C)C(Oc2ccccc2F)C(O)C1. The smallest absolute Gasteiger partial charge is 0.165 e. The van der Waals surface area contributed by atoms with Gasteiger partial charge in [0.2, 0.25) is 0 Å². The Labute approximate surface area is 101 Å². The first-order valence-electron chi connectivity index (χ1n) is 6.17. The molecular formula is C14H19FO2. The zero-order valence-electron chi connectivity index (χ0n) is 10.3. The number of halogens is 1. The molecule has 1 aromatic carbocycles. The minimum atomic E-state index is -0.506. The van der Waals surface area contributed by atoms with Crippen molar-refractivity contribution in [3.8, 4) is 5.75 Å². The maximum Gasteiger partial charge on any atom is 0.165 e. The molecule has 0 heterocycles. The Hall–Kier alpha value is -1.09. The lowest BCUT2D eigenvalue weighted by atomic mass is 9.79. The molecule has 17 heavy (non-hydrogen) atoms. The van der Waals surface area contributed by atoms with Crippen LogP contribution < -0.4 is 4.74 Å². The summed E-state index contributed by atoms with van der Waals surface area (Å²) in [4.78, 5) is 0. The average molecular weight is 238 g/mol. The number of aliphatic hydroxyl groups is 1. The molecule has 1 fully saturated rings. The van der Waals surface area contributed by atoms with Crippen molar-refractivity contribution in [1.82, 2.24) is 0 Å². The predicted molar refractivity (Wildman–Crippen MR) is 64.4 cm³/mol. The van der Waals surface area contributed by atoms with Crippen LogP contribution in [-0.2, 0) is 0 Å². The highest BCUT2D eigenvalue weighted by atomic mass is 19.1. The zero-order chi connectivity index (χ0) is 12.4. The molecule has 1 saturated carbocycles. The minimum absolute atomic E-state index is 0.234. The van der Waals surface area contributed by atoms with Gasteiger partial charge in [-0.25, -0.2) is 4.39 Å². The Morgan fingerprint density at radius 1 is 1.24 bits per heavy atom. The molecule has 1 aliphatic carbocycles. The first-order chi connectivity index (χ1) is 8.08. The summed E-state index contributed by atoms with van der Waals surface area (Å²) >= 11 is 0. The van der Waals surface area contributed by atoms with Crippen molar-refractivity contribution in [3.05, 3.63) is 30.1 Å². The molecule has 0 aliphatic heterocycles. The number of hydrogen-bond acceptors (Lipinski definition) is 2. The first kappa shape index (κ1) is 12.4. The van der Waals surface area contributed by atoms with E-state index in [2.05, 4.69) is 6.92 Å². The molecule has 4 unspecified atom stereocenters. The molecule has 1 aromatic rings. The maximum atomic E-state index is 13.5. The summed E-state index contributed by atoms with van der Waals surface area (Å²) in [5.74, 6) is 0.609. The van der Waals surface area contributed by atoms with Gasteiger partial charge in [-0.2, -0.15) is 0 Å². The van der Waals surface area contributed by atoms with E-state index >= 15 is 0 Å². The standard InChI is InChI=1S/C14H19FO2/c1-9-7-10(2)14(12(16)8-9)17-13-6-4-3-5-11(13)15/h3-6,9-10,12,14,16H,7-8H2,1-2H3. The van der Waals surface area contributed by atoms with Gasteiger partial charge >= 0.3 is 0 Å². The van der Waals surface area contributed by atoms with E-state index in [1.54, 1.807) is 18.2 Å². The molecule has 2 rings (SSSR count). The summed E-state index contributed by atoms with van der Waals surface area (Å²) in [6, 6.07) is 6.34. The highest BCUT2D eigenvalue weighted by Gasteiger charge is 2.34. The van der Waals surface area contributed by atoms with E-state index in [4.69, 9.17) is 4.74 Å². The fourth-order valence-electron chi connectivity index (χ4n) is 2.67. The second-order valence-electron chi connectivity index (χ2n) is 5.13. The van der Waals surface area contributed by atoms with Crippen LogP contribution in [0.3, 0.4) is 0 Å². The Bertz CT molecular complexity index is 368. The highest BCUT2D eigenvalue weighted by molar-refractivity contribution is 5.24. The van der Waals surface area contributed by atoms with Crippen molar-refractivity contribution in [1.29, 1.82) is 0 Å². The lowest BCUT2D eigenvalue weighted by Crippen LogP contribution is -2.43. The number of para-hydroxylation sites is 1. The fraction of sp³-hybridized carbons (Fsp3) is 0.571. The molecule has 3 heteroatoms. The van der Waals surface area contributed by atoms with E-state index in [-0.39, 0.29) is 23.6 Å². The summed E-state index contributed by atoms with van der Waals surface area (Å²) in [6.45, 7) is 4.17. The molecule has 0 saturated heterocycles. The van der Waals surface area contributed by atoms with E-state index in [0.29, 0.717) is 5.92 Å². The van der Waals surface area contributed by atoms with Crippen LogP contribution >= 0.6 is 0 Å². The number of ether oxygens (including phenoxy) is 1. The number of benzene rings is 1. The van der Waals surface area contributed by atoms with Crippen LogP contribution in [0.25, 0.3) is 0 Å². The van der Waals surface area contributed by atoms with Crippen molar-refractivity contribution in [2.75, 3.05) is 0 Å². The Morgan fingerprint density at radius 2 is 1.94 bits per heavy atom. The molecule has 4 atom stereocenters. The van der Waals surface area contributed by atoms with Crippen molar-refractivity contribution >= 4 is 0 Å². The second kappa shape index (κ2) is 5.05. The van der Waals surface area contributed by atoms with Crippen molar-refractivity contribution in [2.45, 2.75) is 38.9 Å². The average Bonchev–Trinajstić information content (AvgIpc) is 2.25. The molecule has 1 N–H and O–H groups in total. The molecular weight excluding hydrogens is 219 g/mol. The maximum absolute atomic E-state index is 13.5. The summed E-state index contributed by atoms with van der Waals surface area (Å²) in [6.07, 6.45) is 0.927. The summed E-state index contributed by atoms with van der Waals surface area (Å²) in [7, 11) is 0. The summed E-state index contributed by atoms with van der Waals surface area (Å²) < 4.78 is 19.1. The minimum Gasteiger partial charge on any atom is -0.484 e. The van der Waals surface area contributed by atoms with Gasteiger partial charge in [-0.3, -0.25) is 0 Å². The van der Waals surface area contributed by atoms with E-state index in [1.165, 1.54) is 6.07 Å².